The Morgan fingerprint density at radius 2 is 1.57 bits per heavy atom. The maximum absolute atomic E-state index is 5.45. The zero-order valence-corrected chi connectivity index (χ0v) is 18.2. The Morgan fingerprint density at radius 3 is 2.17 bits per heavy atom. The number of ether oxygens (including phenoxy) is 5. The Bertz CT molecular complexity index is 1010. The number of hydrogen-bond donors (Lipinski definition) is 1. The molecule has 0 radical (unpaired) electrons. The summed E-state index contributed by atoms with van der Waals surface area (Å²) in [6, 6.07) is 9.22. The Kier molecular flexibility index (Phi) is 6.97. The molecule has 0 unspecified atom stereocenters. The van der Waals surface area contributed by atoms with Crippen LogP contribution in [0.25, 0.3) is 11.3 Å². The highest BCUT2D eigenvalue weighted by molar-refractivity contribution is 7.14. The fourth-order valence-corrected chi connectivity index (χ4v) is 3.46. The number of methoxy groups -OCH3 is 5. The van der Waals surface area contributed by atoms with Gasteiger partial charge in [0.1, 0.15) is 11.5 Å². The molecule has 0 aliphatic carbocycles. The van der Waals surface area contributed by atoms with Crippen molar-refractivity contribution >= 4 is 22.7 Å². The summed E-state index contributed by atoms with van der Waals surface area (Å²) in [5.41, 5.74) is 5.38. The molecule has 0 atom stereocenters. The van der Waals surface area contributed by atoms with Gasteiger partial charge in [-0.1, -0.05) is 0 Å². The smallest absolute Gasteiger partial charge is 0.203 e. The van der Waals surface area contributed by atoms with Crippen LogP contribution in [0.5, 0.6) is 28.7 Å². The fraction of sp³-hybridized carbons (Fsp3) is 0.238. The van der Waals surface area contributed by atoms with Crippen LogP contribution >= 0.6 is 11.3 Å². The van der Waals surface area contributed by atoms with Gasteiger partial charge in [0.25, 0.3) is 0 Å². The van der Waals surface area contributed by atoms with Crippen LogP contribution in [0.4, 0.5) is 5.13 Å². The van der Waals surface area contributed by atoms with Crippen molar-refractivity contribution in [3.05, 3.63) is 41.3 Å². The van der Waals surface area contributed by atoms with E-state index in [0.717, 1.165) is 22.6 Å². The molecule has 9 heteroatoms. The van der Waals surface area contributed by atoms with E-state index in [-0.39, 0.29) is 0 Å². The van der Waals surface area contributed by atoms with Crippen LogP contribution in [-0.4, -0.2) is 46.7 Å². The third-order valence-electron chi connectivity index (χ3n) is 4.25. The van der Waals surface area contributed by atoms with Gasteiger partial charge in [-0.25, -0.2) is 4.98 Å². The first-order valence-electron chi connectivity index (χ1n) is 8.90. The number of thiazole rings is 1. The molecule has 3 aromatic rings. The summed E-state index contributed by atoms with van der Waals surface area (Å²) in [6.45, 7) is 0. The molecule has 0 saturated carbocycles. The van der Waals surface area contributed by atoms with Crippen LogP contribution in [0.2, 0.25) is 0 Å². The Balaban J connectivity index is 1.77. The van der Waals surface area contributed by atoms with E-state index in [1.165, 1.54) is 11.3 Å². The highest BCUT2D eigenvalue weighted by atomic mass is 32.1. The van der Waals surface area contributed by atoms with Crippen molar-refractivity contribution in [1.82, 2.24) is 4.98 Å². The van der Waals surface area contributed by atoms with E-state index in [1.54, 1.807) is 41.8 Å². The first-order chi connectivity index (χ1) is 14.6. The van der Waals surface area contributed by atoms with Gasteiger partial charge < -0.3 is 23.7 Å². The van der Waals surface area contributed by atoms with E-state index in [9.17, 15) is 0 Å². The summed E-state index contributed by atoms with van der Waals surface area (Å²) >= 11 is 1.44. The Hall–Kier alpha value is -3.46. The topological polar surface area (TPSA) is 83.4 Å². The van der Waals surface area contributed by atoms with Crippen molar-refractivity contribution in [2.45, 2.75) is 0 Å². The number of nitrogens with one attached hydrogen (secondary N) is 1. The monoisotopic (exact) mass is 429 g/mol. The van der Waals surface area contributed by atoms with Gasteiger partial charge in [-0.3, -0.25) is 5.43 Å². The molecule has 0 amide bonds. The third-order valence-corrected chi connectivity index (χ3v) is 5.00. The molecule has 0 spiro atoms. The summed E-state index contributed by atoms with van der Waals surface area (Å²) in [4.78, 5) is 4.57. The van der Waals surface area contributed by atoms with Crippen molar-refractivity contribution in [1.29, 1.82) is 0 Å². The van der Waals surface area contributed by atoms with E-state index in [2.05, 4.69) is 15.5 Å². The van der Waals surface area contributed by atoms with E-state index >= 15 is 0 Å². The molecule has 158 valence electrons. The first kappa shape index (κ1) is 21.3. The predicted molar refractivity (Wildman–Crippen MR) is 118 cm³/mol. The molecular formula is C21H23N3O5S. The molecule has 30 heavy (non-hydrogen) atoms. The van der Waals surface area contributed by atoms with Gasteiger partial charge in [-0.15, -0.1) is 11.3 Å². The summed E-state index contributed by atoms with van der Waals surface area (Å²) in [7, 11) is 7.94. The summed E-state index contributed by atoms with van der Waals surface area (Å²) in [5, 5.41) is 6.84. The zero-order chi connectivity index (χ0) is 21.5. The lowest BCUT2D eigenvalue weighted by Gasteiger charge is -2.12. The van der Waals surface area contributed by atoms with Crippen LogP contribution < -0.4 is 29.1 Å². The number of hydrazone groups is 1. The number of benzene rings is 2. The Labute approximate surface area is 179 Å². The molecule has 1 N–H and O–H groups in total. The van der Waals surface area contributed by atoms with Crippen LogP contribution in [0, 0.1) is 0 Å². The van der Waals surface area contributed by atoms with Crippen molar-refractivity contribution in [2.75, 3.05) is 41.0 Å². The normalized spacial score (nSPS) is 10.7. The molecule has 0 aliphatic heterocycles. The first-order valence-corrected chi connectivity index (χ1v) is 9.78. The Morgan fingerprint density at radius 1 is 0.867 bits per heavy atom. The number of hydrogen-bond acceptors (Lipinski definition) is 9. The van der Waals surface area contributed by atoms with Gasteiger partial charge in [-0.2, -0.15) is 5.10 Å². The number of nitrogens with zero attached hydrogens (tertiary/aromatic N) is 2. The van der Waals surface area contributed by atoms with E-state index in [1.807, 2.05) is 35.7 Å². The second kappa shape index (κ2) is 9.84. The third kappa shape index (κ3) is 4.57. The van der Waals surface area contributed by atoms with Crippen LogP contribution in [0.15, 0.2) is 40.8 Å². The number of rotatable bonds is 9. The molecule has 2 aromatic carbocycles. The highest BCUT2D eigenvalue weighted by Gasteiger charge is 2.13. The quantitative estimate of drug-likeness (QED) is 0.401. The molecular weight excluding hydrogens is 406 g/mol. The van der Waals surface area contributed by atoms with Gasteiger partial charge in [0.05, 0.1) is 47.5 Å². The maximum Gasteiger partial charge on any atom is 0.203 e. The standard InChI is InChI=1S/C21H23N3O5S/c1-25-14-6-7-15(17(10-14)26-2)16-12-30-21(23-16)24-22-11-13-8-18(27-3)20(29-5)19(9-13)28-4/h6-12H,1-5H3,(H,23,24)/b22-11-. The van der Waals surface area contributed by atoms with Gasteiger partial charge in [-0.05, 0) is 24.3 Å². The second-order valence-corrected chi connectivity index (χ2v) is 6.79. The molecule has 8 nitrogen and oxygen atoms in total. The maximum atomic E-state index is 5.45. The zero-order valence-electron chi connectivity index (χ0n) is 17.4. The minimum absolute atomic E-state index is 0.531. The molecule has 0 saturated heterocycles. The highest BCUT2D eigenvalue weighted by Crippen LogP contribution is 2.38. The van der Waals surface area contributed by atoms with E-state index < -0.39 is 0 Å². The summed E-state index contributed by atoms with van der Waals surface area (Å²) in [5.74, 6) is 3.05. The number of aromatic nitrogens is 1. The van der Waals surface area contributed by atoms with Crippen molar-refractivity contribution in [3.63, 3.8) is 0 Å². The van der Waals surface area contributed by atoms with Gasteiger partial charge in [0.15, 0.2) is 11.5 Å². The van der Waals surface area contributed by atoms with Crippen molar-refractivity contribution < 1.29 is 23.7 Å². The van der Waals surface area contributed by atoms with E-state index in [0.29, 0.717) is 28.1 Å². The predicted octanol–water partition coefficient (Wildman–Crippen LogP) is 4.30. The largest absolute Gasteiger partial charge is 0.497 e. The van der Waals surface area contributed by atoms with Crippen molar-refractivity contribution in [3.8, 4) is 40.0 Å². The average Bonchev–Trinajstić information content (AvgIpc) is 3.26. The van der Waals surface area contributed by atoms with Crippen LogP contribution in [0.3, 0.4) is 0 Å². The minimum Gasteiger partial charge on any atom is -0.497 e. The van der Waals surface area contributed by atoms with Gasteiger partial charge in [0, 0.05) is 22.6 Å². The lowest BCUT2D eigenvalue weighted by Crippen LogP contribution is -1.97. The second-order valence-electron chi connectivity index (χ2n) is 5.93. The molecule has 0 fully saturated rings. The average molecular weight is 429 g/mol. The molecule has 3 rings (SSSR count). The molecule has 0 bridgehead atoms. The number of anilines is 1. The van der Waals surface area contributed by atoms with Gasteiger partial charge >= 0.3 is 0 Å². The van der Waals surface area contributed by atoms with E-state index in [4.69, 9.17) is 23.7 Å². The summed E-state index contributed by atoms with van der Waals surface area (Å²) < 4.78 is 26.7. The fourth-order valence-electron chi connectivity index (χ4n) is 2.80. The summed E-state index contributed by atoms with van der Waals surface area (Å²) in [6.07, 6.45) is 1.65. The van der Waals surface area contributed by atoms with Crippen LogP contribution in [0.1, 0.15) is 5.56 Å². The lowest BCUT2D eigenvalue weighted by atomic mass is 10.1. The van der Waals surface area contributed by atoms with Crippen LogP contribution in [-0.2, 0) is 0 Å². The van der Waals surface area contributed by atoms with Crippen molar-refractivity contribution in [2.24, 2.45) is 5.10 Å². The minimum atomic E-state index is 0.531. The molecule has 1 heterocycles. The van der Waals surface area contributed by atoms with Gasteiger partial charge in [0.2, 0.25) is 10.9 Å². The lowest BCUT2D eigenvalue weighted by molar-refractivity contribution is 0.324. The molecule has 1 aromatic heterocycles. The molecule has 0 aliphatic rings. The SMILES string of the molecule is COc1ccc(-c2csc(N/N=C\c3cc(OC)c(OC)c(OC)c3)n2)c(OC)c1.